The number of esters is 1. The molecule has 0 aliphatic heterocycles. The highest BCUT2D eigenvalue weighted by atomic mass is 16.5. The molecule has 5 nitrogen and oxygen atoms in total. The first-order chi connectivity index (χ1) is 8.43. The normalized spacial score (nSPS) is 10.2. The molecule has 0 saturated carbocycles. The number of methoxy groups -OCH3 is 1. The summed E-state index contributed by atoms with van der Waals surface area (Å²) >= 11 is 0. The summed E-state index contributed by atoms with van der Waals surface area (Å²) in [6.45, 7) is 3.86. The van der Waals surface area contributed by atoms with Crippen LogP contribution in [0.2, 0.25) is 0 Å². The monoisotopic (exact) mass is 251 g/mol. The highest BCUT2D eigenvalue weighted by Gasteiger charge is 2.11. The molecule has 18 heavy (non-hydrogen) atoms. The SMILES string of the molecule is COC(=O)c1ccc(NC(=O)CC(C)C)c(O)c1. The number of phenols is 1. The summed E-state index contributed by atoms with van der Waals surface area (Å²) in [5.74, 6) is -0.632. The lowest BCUT2D eigenvalue weighted by atomic mass is 10.1. The van der Waals surface area contributed by atoms with Crippen LogP contribution in [-0.4, -0.2) is 24.1 Å². The van der Waals surface area contributed by atoms with Crippen LogP contribution in [-0.2, 0) is 9.53 Å². The Morgan fingerprint density at radius 1 is 1.39 bits per heavy atom. The minimum atomic E-state index is -0.537. The molecule has 1 aromatic rings. The number of amides is 1. The van der Waals surface area contributed by atoms with Crippen molar-refractivity contribution >= 4 is 17.6 Å². The van der Waals surface area contributed by atoms with Gasteiger partial charge in [0, 0.05) is 6.42 Å². The standard InChI is InChI=1S/C13H17NO4/c1-8(2)6-12(16)14-10-5-4-9(7-11(10)15)13(17)18-3/h4-5,7-8,15H,6H2,1-3H3,(H,14,16). The molecule has 0 radical (unpaired) electrons. The Morgan fingerprint density at radius 2 is 2.06 bits per heavy atom. The second kappa shape index (κ2) is 6.05. The predicted molar refractivity (Wildman–Crippen MR) is 67.5 cm³/mol. The van der Waals surface area contributed by atoms with Crippen LogP contribution in [0.15, 0.2) is 18.2 Å². The van der Waals surface area contributed by atoms with E-state index in [2.05, 4.69) is 10.1 Å². The molecule has 1 rings (SSSR count). The van der Waals surface area contributed by atoms with Crippen LogP contribution in [0.3, 0.4) is 0 Å². The number of anilines is 1. The van der Waals surface area contributed by atoms with Crippen LogP contribution >= 0.6 is 0 Å². The van der Waals surface area contributed by atoms with Crippen molar-refractivity contribution in [2.45, 2.75) is 20.3 Å². The van der Waals surface area contributed by atoms with E-state index in [-0.39, 0.29) is 28.8 Å². The minimum absolute atomic E-state index is 0.157. The maximum atomic E-state index is 11.5. The van der Waals surface area contributed by atoms with E-state index < -0.39 is 5.97 Å². The summed E-state index contributed by atoms with van der Waals surface area (Å²) in [7, 11) is 1.26. The van der Waals surface area contributed by atoms with Crippen molar-refractivity contribution in [3.63, 3.8) is 0 Å². The van der Waals surface area contributed by atoms with Gasteiger partial charge in [0.15, 0.2) is 0 Å². The van der Waals surface area contributed by atoms with Gasteiger partial charge in [-0.15, -0.1) is 0 Å². The van der Waals surface area contributed by atoms with Crippen molar-refractivity contribution in [1.82, 2.24) is 0 Å². The average Bonchev–Trinajstić information content (AvgIpc) is 2.29. The van der Waals surface area contributed by atoms with E-state index in [1.165, 1.54) is 25.3 Å². The first-order valence-corrected chi connectivity index (χ1v) is 5.65. The molecule has 0 aliphatic rings. The van der Waals surface area contributed by atoms with Gasteiger partial charge in [-0.05, 0) is 24.1 Å². The number of aromatic hydroxyl groups is 1. The Bertz CT molecular complexity index is 454. The summed E-state index contributed by atoms with van der Waals surface area (Å²) < 4.78 is 4.53. The number of rotatable bonds is 4. The van der Waals surface area contributed by atoms with Crippen LogP contribution in [0.5, 0.6) is 5.75 Å². The zero-order valence-corrected chi connectivity index (χ0v) is 10.7. The third-order valence-corrected chi connectivity index (χ3v) is 2.29. The zero-order chi connectivity index (χ0) is 13.7. The number of carbonyl (C=O) groups is 2. The number of carbonyl (C=O) groups excluding carboxylic acids is 2. The van der Waals surface area contributed by atoms with E-state index in [4.69, 9.17) is 0 Å². The molecule has 1 amide bonds. The van der Waals surface area contributed by atoms with Gasteiger partial charge in [-0.1, -0.05) is 13.8 Å². The molecule has 0 bridgehead atoms. The van der Waals surface area contributed by atoms with Crippen molar-refractivity contribution < 1.29 is 19.4 Å². The van der Waals surface area contributed by atoms with Gasteiger partial charge < -0.3 is 15.2 Å². The Balaban J connectivity index is 2.80. The second-order valence-corrected chi connectivity index (χ2v) is 4.37. The topological polar surface area (TPSA) is 75.6 Å². The zero-order valence-electron chi connectivity index (χ0n) is 10.7. The number of hydrogen-bond acceptors (Lipinski definition) is 4. The summed E-state index contributed by atoms with van der Waals surface area (Å²) in [5, 5.41) is 12.3. The highest BCUT2D eigenvalue weighted by Crippen LogP contribution is 2.25. The van der Waals surface area contributed by atoms with Crippen molar-refractivity contribution in [3.8, 4) is 5.75 Å². The first kappa shape index (κ1) is 14.0. The van der Waals surface area contributed by atoms with Crippen LogP contribution in [0.1, 0.15) is 30.6 Å². The maximum Gasteiger partial charge on any atom is 0.337 e. The lowest BCUT2D eigenvalue weighted by Crippen LogP contribution is -2.14. The molecule has 2 N–H and O–H groups in total. The molecule has 0 unspecified atom stereocenters. The predicted octanol–water partition coefficient (Wildman–Crippen LogP) is 2.16. The summed E-state index contributed by atoms with van der Waals surface area (Å²) in [6.07, 6.45) is 0.373. The maximum absolute atomic E-state index is 11.5. The Labute approximate surface area is 106 Å². The fourth-order valence-corrected chi connectivity index (χ4v) is 1.45. The molecule has 0 fully saturated rings. The van der Waals surface area contributed by atoms with Gasteiger partial charge in [-0.25, -0.2) is 4.79 Å². The van der Waals surface area contributed by atoms with Crippen molar-refractivity contribution in [1.29, 1.82) is 0 Å². The van der Waals surface area contributed by atoms with Gasteiger partial charge in [0.2, 0.25) is 5.91 Å². The van der Waals surface area contributed by atoms with Crippen LogP contribution < -0.4 is 5.32 Å². The molecular formula is C13H17NO4. The fraction of sp³-hybridized carbons (Fsp3) is 0.385. The van der Waals surface area contributed by atoms with Gasteiger partial charge in [-0.3, -0.25) is 4.79 Å². The van der Waals surface area contributed by atoms with Crippen molar-refractivity contribution in [3.05, 3.63) is 23.8 Å². The second-order valence-electron chi connectivity index (χ2n) is 4.37. The Hall–Kier alpha value is -2.04. The summed E-state index contributed by atoms with van der Waals surface area (Å²) in [5.41, 5.74) is 0.519. The van der Waals surface area contributed by atoms with E-state index in [0.29, 0.717) is 6.42 Å². The molecule has 0 saturated heterocycles. The summed E-state index contributed by atoms with van der Waals surface area (Å²) in [4.78, 5) is 22.8. The van der Waals surface area contributed by atoms with E-state index >= 15 is 0 Å². The third kappa shape index (κ3) is 3.76. The smallest absolute Gasteiger partial charge is 0.337 e. The van der Waals surface area contributed by atoms with Crippen molar-refractivity contribution in [2.24, 2.45) is 5.92 Å². The van der Waals surface area contributed by atoms with Crippen molar-refractivity contribution in [2.75, 3.05) is 12.4 Å². The molecule has 0 atom stereocenters. The van der Waals surface area contributed by atoms with Gasteiger partial charge in [0.25, 0.3) is 0 Å². The van der Waals surface area contributed by atoms with Gasteiger partial charge >= 0.3 is 5.97 Å². The van der Waals surface area contributed by atoms with Gasteiger partial charge in [0.1, 0.15) is 5.75 Å². The van der Waals surface area contributed by atoms with Crippen LogP contribution in [0, 0.1) is 5.92 Å². The number of nitrogens with one attached hydrogen (secondary N) is 1. The molecule has 0 heterocycles. The van der Waals surface area contributed by atoms with Gasteiger partial charge in [0.05, 0.1) is 18.4 Å². The largest absolute Gasteiger partial charge is 0.506 e. The molecule has 1 aromatic carbocycles. The van der Waals surface area contributed by atoms with Crippen LogP contribution in [0.25, 0.3) is 0 Å². The summed E-state index contributed by atoms with van der Waals surface area (Å²) in [6, 6.07) is 4.22. The van der Waals surface area contributed by atoms with E-state index in [1.807, 2.05) is 13.8 Å². The average molecular weight is 251 g/mol. The molecule has 0 aromatic heterocycles. The molecule has 98 valence electrons. The first-order valence-electron chi connectivity index (χ1n) is 5.65. The lowest BCUT2D eigenvalue weighted by Gasteiger charge is -2.09. The Kier molecular flexibility index (Phi) is 4.71. The Morgan fingerprint density at radius 3 is 2.56 bits per heavy atom. The minimum Gasteiger partial charge on any atom is -0.506 e. The number of benzene rings is 1. The lowest BCUT2D eigenvalue weighted by molar-refractivity contribution is -0.116. The van der Waals surface area contributed by atoms with E-state index in [1.54, 1.807) is 0 Å². The molecular weight excluding hydrogens is 234 g/mol. The van der Waals surface area contributed by atoms with Crippen LogP contribution in [0.4, 0.5) is 5.69 Å². The fourth-order valence-electron chi connectivity index (χ4n) is 1.45. The number of ether oxygens (including phenoxy) is 1. The number of hydrogen-bond donors (Lipinski definition) is 2. The third-order valence-electron chi connectivity index (χ3n) is 2.29. The van der Waals surface area contributed by atoms with Gasteiger partial charge in [-0.2, -0.15) is 0 Å². The number of phenolic OH excluding ortho intramolecular Hbond substituents is 1. The molecule has 0 spiro atoms. The molecule has 0 aliphatic carbocycles. The van der Waals surface area contributed by atoms with E-state index in [0.717, 1.165) is 0 Å². The highest BCUT2D eigenvalue weighted by molar-refractivity contribution is 5.95. The van der Waals surface area contributed by atoms with E-state index in [9.17, 15) is 14.7 Å². The molecule has 5 heteroatoms. The quantitative estimate of drug-likeness (QED) is 0.635.